The molecule has 0 aromatic carbocycles. The highest BCUT2D eigenvalue weighted by Gasteiger charge is 2.56. The monoisotopic (exact) mass is 401 g/mol. The maximum Gasteiger partial charge on any atom is 0.322 e. The Labute approximate surface area is 169 Å². The predicted molar refractivity (Wildman–Crippen MR) is 105 cm³/mol. The van der Waals surface area contributed by atoms with E-state index >= 15 is 0 Å². The van der Waals surface area contributed by atoms with E-state index in [9.17, 15) is 14.4 Å². The van der Waals surface area contributed by atoms with Gasteiger partial charge in [-0.1, -0.05) is 6.92 Å². The van der Waals surface area contributed by atoms with Crippen molar-refractivity contribution in [2.45, 2.75) is 31.7 Å². The molecule has 9 nitrogen and oxygen atoms in total. The third kappa shape index (κ3) is 3.73. The average molecular weight is 401 g/mol. The van der Waals surface area contributed by atoms with Gasteiger partial charge in [-0.05, 0) is 25.2 Å². The van der Waals surface area contributed by atoms with Gasteiger partial charge in [0, 0.05) is 38.2 Å². The summed E-state index contributed by atoms with van der Waals surface area (Å²) in [4.78, 5) is 45.4. The number of piperazine rings is 1. The van der Waals surface area contributed by atoms with Crippen LogP contribution in [0.5, 0.6) is 5.75 Å². The quantitative estimate of drug-likeness (QED) is 0.682. The largest absolute Gasteiger partial charge is 0.495 e. The summed E-state index contributed by atoms with van der Waals surface area (Å²) in [5.41, 5.74) is 0.0442. The number of hydrogen-bond acceptors (Lipinski definition) is 6. The third-order valence-electron chi connectivity index (χ3n) is 6.18. The van der Waals surface area contributed by atoms with E-state index in [0.717, 1.165) is 18.5 Å². The zero-order chi connectivity index (χ0) is 20.6. The summed E-state index contributed by atoms with van der Waals surface area (Å²) in [5, 5.41) is 5.16. The SMILES string of the molecule is COc1cncc(N2CCN(C(=O)C(C)CC3(C4CC4)NC(=O)NC3=O)CC2)c1. The fraction of sp³-hybridized carbons (Fsp3) is 0.600. The molecule has 0 radical (unpaired) electrons. The van der Waals surface area contributed by atoms with E-state index in [4.69, 9.17) is 4.74 Å². The number of carbonyl (C=O) groups is 3. The van der Waals surface area contributed by atoms with Gasteiger partial charge in [-0.3, -0.25) is 19.9 Å². The van der Waals surface area contributed by atoms with Gasteiger partial charge >= 0.3 is 6.03 Å². The molecule has 4 amide bonds. The zero-order valence-corrected chi connectivity index (χ0v) is 16.8. The summed E-state index contributed by atoms with van der Waals surface area (Å²) in [6, 6.07) is 1.48. The van der Waals surface area contributed by atoms with Crippen LogP contribution in [0.25, 0.3) is 0 Å². The van der Waals surface area contributed by atoms with E-state index in [2.05, 4.69) is 20.5 Å². The average Bonchev–Trinajstić information content (AvgIpc) is 3.54. The Balaban J connectivity index is 1.36. The van der Waals surface area contributed by atoms with Crippen LogP contribution in [-0.2, 0) is 9.59 Å². The topological polar surface area (TPSA) is 104 Å². The normalized spacial score (nSPS) is 25.4. The lowest BCUT2D eigenvalue weighted by atomic mass is 9.83. The fourth-order valence-corrected chi connectivity index (χ4v) is 4.44. The summed E-state index contributed by atoms with van der Waals surface area (Å²) in [6.45, 7) is 4.48. The molecule has 3 fully saturated rings. The van der Waals surface area contributed by atoms with Crippen LogP contribution in [0, 0.1) is 11.8 Å². The number of aromatic nitrogens is 1. The Morgan fingerprint density at radius 2 is 2.00 bits per heavy atom. The zero-order valence-electron chi connectivity index (χ0n) is 16.8. The van der Waals surface area contributed by atoms with Gasteiger partial charge in [0.2, 0.25) is 5.91 Å². The minimum atomic E-state index is -0.930. The maximum atomic E-state index is 13.0. The Kier molecular flexibility index (Phi) is 5.06. The molecule has 1 saturated carbocycles. The molecule has 9 heteroatoms. The van der Waals surface area contributed by atoms with Gasteiger partial charge in [0.25, 0.3) is 5.91 Å². The van der Waals surface area contributed by atoms with E-state index in [-0.39, 0.29) is 23.7 Å². The molecule has 1 aromatic heterocycles. The number of methoxy groups -OCH3 is 1. The number of anilines is 1. The Hall–Kier alpha value is -2.84. The molecule has 2 saturated heterocycles. The summed E-state index contributed by atoms with van der Waals surface area (Å²) < 4.78 is 5.23. The number of pyridine rings is 1. The van der Waals surface area contributed by atoms with Gasteiger partial charge < -0.3 is 19.9 Å². The third-order valence-corrected chi connectivity index (χ3v) is 6.18. The molecule has 3 aliphatic rings. The standard InChI is InChI=1S/C20H27N5O4/c1-13(10-20(14-3-4-14)18(27)22-19(28)23-20)17(26)25-7-5-24(6-8-25)15-9-16(29-2)12-21-11-15/h9,11-14H,3-8,10H2,1-2H3,(H2,22,23,27,28). The van der Waals surface area contributed by atoms with Crippen LogP contribution in [0.15, 0.2) is 18.5 Å². The van der Waals surface area contributed by atoms with Crippen LogP contribution < -0.4 is 20.3 Å². The van der Waals surface area contributed by atoms with Crippen molar-refractivity contribution in [1.82, 2.24) is 20.5 Å². The van der Waals surface area contributed by atoms with E-state index in [1.165, 1.54) is 0 Å². The number of hydrogen-bond donors (Lipinski definition) is 2. The van der Waals surface area contributed by atoms with Crippen LogP contribution in [0.4, 0.5) is 10.5 Å². The van der Waals surface area contributed by atoms with Gasteiger partial charge in [-0.25, -0.2) is 4.79 Å². The Bertz CT molecular complexity index is 819. The summed E-state index contributed by atoms with van der Waals surface area (Å²) >= 11 is 0. The lowest BCUT2D eigenvalue weighted by molar-refractivity contribution is -0.136. The van der Waals surface area contributed by atoms with Crippen LogP contribution in [0.3, 0.4) is 0 Å². The van der Waals surface area contributed by atoms with Gasteiger partial charge in [0.15, 0.2) is 0 Å². The van der Waals surface area contributed by atoms with E-state index < -0.39 is 11.6 Å². The van der Waals surface area contributed by atoms with Crippen LogP contribution >= 0.6 is 0 Å². The molecule has 2 N–H and O–H groups in total. The van der Waals surface area contributed by atoms with Gasteiger partial charge in [-0.15, -0.1) is 0 Å². The molecule has 29 heavy (non-hydrogen) atoms. The number of nitrogens with one attached hydrogen (secondary N) is 2. The first kappa shape index (κ1) is 19.5. The molecular formula is C20H27N5O4. The number of urea groups is 1. The number of amides is 4. The highest BCUT2D eigenvalue weighted by atomic mass is 16.5. The molecular weight excluding hydrogens is 374 g/mol. The lowest BCUT2D eigenvalue weighted by Gasteiger charge is -2.38. The molecule has 2 unspecified atom stereocenters. The van der Waals surface area contributed by atoms with E-state index in [1.54, 1.807) is 19.5 Å². The molecule has 0 bridgehead atoms. The minimum Gasteiger partial charge on any atom is -0.495 e. The van der Waals surface area contributed by atoms with Crippen molar-refractivity contribution in [1.29, 1.82) is 0 Å². The van der Waals surface area contributed by atoms with Gasteiger partial charge in [-0.2, -0.15) is 0 Å². The van der Waals surface area contributed by atoms with Gasteiger partial charge in [0.05, 0.1) is 25.2 Å². The number of imide groups is 1. The van der Waals surface area contributed by atoms with E-state index in [1.807, 2.05) is 17.9 Å². The first-order valence-electron chi connectivity index (χ1n) is 10.1. The number of nitrogens with zero attached hydrogens (tertiary/aromatic N) is 3. The molecule has 3 heterocycles. The second kappa shape index (κ2) is 7.53. The summed E-state index contributed by atoms with van der Waals surface area (Å²) in [7, 11) is 1.61. The molecule has 2 aliphatic heterocycles. The van der Waals surface area contributed by atoms with Gasteiger partial charge in [0.1, 0.15) is 11.3 Å². The Morgan fingerprint density at radius 3 is 2.59 bits per heavy atom. The van der Waals surface area contributed by atoms with E-state index in [0.29, 0.717) is 38.3 Å². The minimum absolute atomic E-state index is 0.0300. The van der Waals surface area contributed by atoms with Crippen molar-refractivity contribution in [3.05, 3.63) is 18.5 Å². The highest BCUT2D eigenvalue weighted by molar-refractivity contribution is 6.07. The van der Waals surface area contributed by atoms with Crippen LogP contribution in [-0.4, -0.2) is 66.6 Å². The molecule has 2 atom stereocenters. The second-order valence-electron chi connectivity index (χ2n) is 8.15. The van der Waals surface area contributed by atoms with Crippen LogP contribution in [0.2, 0.25) is 0 Å². The van der Waals surface area contributed by atoms with Crippen molar-refractivity contribution in [3.63, 3.8) is 0 Å². The second-order valence-corrected chi connectivity index (χ2v) is 8.15. The van der Waals surface area contributed by atoms with Crippen molar-refractivity contribution in [2.24, 2.45) is 11.8 Å². The van der Waals surface area contributed by atoms with Crippen LogP contribution in [0.1, 0.15) is 26.2 Å². The van der Waals surface area contributed by atoms with Crippen molar-refractivity contribution < 1.29 is 19.1 Å². The predicted octanol–water partition coefficient (Wildman–Crippen LogP) is 0.753. The summed E-state index contributed by atoms with van der Waals surface area (Å²) in [6.07, 6.45) is 5.61. The molecule has 1 aromatic rings. The van der Waals surface area contributed by atoms with Crippen molar-refractivity contribution >= 4 is 23.5 Å². The Morgan fingerprint density at radius 1 is 1.28 bits per heavy atom. The number of carbonyl (C=O) groups excluding carboxylic acids is 3. The number of ether oxygens (including phenoxy) is 1. The smallest absolute Gasteiger partial charge is 0.322 e. The molecule has 4 rings (SSSR count). The first-order valence-corrected chi connectivity index (χ1v) is 10.1. The fourth-order valence-electron chi connectivity index (χ4n) is 4.44. The number of rotatable bonds is 6. The molecule has 0 spiro atoms. The lowest BCUT2D eigenvalue weighted by Crippen LogP contribution is -2.54. The van der Waals surface area contributed by atoms with Crippen molar-refractivity contribution in [2.75, 3.05) is 38.2 Å². The highest BCUT2D eigenvalue weighted by Crippen LogP contribution is 2.44. The first-order chi connectivity index (χ1) is 13.9. The van der Waals surface area contributed by atoms with Crippen molar-refractivity contribution in [3.8, 4) is 5.75 Å². The summed E-state index contributed by atoms with van der Waals surface area (Å²) in [5.74, 6) is 0.227. The molecule has 1 aliphatic carbocycles. The maximum absolute atomic E-state index is 13.0. The molecule has 156 valence electrons.